The fourth-order valence-electron chi connectivity index (χ4n) is 3.68. The highest BCUT2D eigenvalue weighted by molar-refractivity contribution is 9.10. The zero-order valence-electron chi connectivity index (χ0n) is 19.9. The highest BCUT2D eigenvalue weighted by atomic mass is 79.9. The predicted molar refractivity (Wildman–Crippen MR) is 138 cm³/mol. The van der Waals surface area contributed by atoms with Gasteiger partial charge in [0.15, 0.2) is 0 Å². The third-order valence-corrected chi connectivity index (χ3v) is 5.91. The average molecular weight is 553 g/mol. The smallest absolute Gasteiger partial charge is 0.338 e. The Morgan fingerprint density at radius 2 is 1.89 bits per heavy atom. The van der Waals surface area contributed by atoms with Crippen LogP contribution in [0.25, 0.3) is 5.69 Å². The van der Waals surface area contributed by atoms with Gasteiger partial charge in [-0.05, 0) is 65.2 Å². The monoisotopic (exact) mass is 552 g/mol. The molecule has 0 aliphatic heterocycles. The number of carbonyl (C=O) groups is 2. The molecule has 0 bridgehead atoms. The van der Waals surface area contributed by atoms with Gasteiger partial charge in [-0.15, -0.1) is 0 Å². The van der Waals surface area contributed by atoms with Crippen LogP contribution in [0, 0.1) is 21.4 Å². The van der Waals surface area contributed by atoms with Crippen molar-refractivity contribution in [2.75, 3.05) is 11.5 Å². The van der Waals surface area contributed by atoms with Gasteiger partial charge in [0, 0.05) is 28.8 Å². The predicted octanol–water partition coefficient (Wildman–Crippen LogP) is 5.92. The minimum Gasteiger partial charge on any atom is -0.462 e. The number of amides is 1. The van der Waals surface area contributed by atoms with Gasteiger partial charge in [0.1, 0.15) is 17.5 Å². The van der Waals surface area contributed by atoms with Gasteiger partial charge in [-0.2, -0.15) is 5.26 Å². The number of benzene rings is 2. The molecule has 0 unspecified atom stereocenters. The van der Waals surface area contributed by atoms with Crippen LogP contribution < -0.4 is 4.90 Å². The standard InChI is InChI=1S/C26H25BrN4O5/c1-3-5-6-25(32)30(24-13-19(26(33)36-4-2)9-12-23(24)31(34)35)16-18-7-10-21(11-8-18)29-17-20(27)14-22(29)15-28/h7-14,17H,3-6,16H2,1-2H3. The number of nitro groups is 1. The van der Waals surface area contributed by atoms with Crippen molar-refractivity contribution in [2.45, 2.75) is 39.7 Å². The first-order chi connectivity index (χ1) is 17.3. The minimum atomic E-state index is -0.620. The van der Waals surface area contributed by atoms with E-state index in [-0.39, 0.29) is 42.4 Å². The van der Waals surface area contributed by atoms with Gasteiger partial charge in [0.05, 0.1) is 23.6 Å². The summed E-state index contributed by atoms with van der Waals surface area (Å²) in [6, 6.07) is 14.9. The number of aromatic nitrogens is 1. The summed E-state index contributed by atoms with van der Waals surface area (Å²) in [5.74, 6) is -0.906. The largest absolute Gasteiger partial charge is 0.462 e. The van der Waals surface area contributed by atoms with Crippen LogP contribution in [0.5, 0.6) is 0 Å². The van der Waals surface area contributed by atoms with Crippen LogP contribution in [0.1, 0.15) is 54.7 Å². The summed E-state index contributed by atoms with van der Waals surface area (Å²) in [4.78, 5) is 38.1. The second-order valence-electron chi connectivity index (χ2n) is 7.96. The molecule has 186 valence electrons. The zero-order chi connectivity index (χ0) is 26.2. The fraction of sp³-hybridized carbons (Fsp3) is 0.269. The molecule has 10 heteroatoms. The Balaban J connectivity index is 2.01. The van der Waals surface area contributed by atoms with Gasteiger partial charge in [-0.3, -0.25) is 14.9 Å². The molecule has 0 radical (unpaired) electrons. The maximum atomic E-state index is 13.2. The number of carbonyl (C=O) groups excluding carboxylic acids is 2. The van der Waals surface area contributed by atoms with Crippen LogP contribution in [0.15, 0.2) is 59.2 Å². The van der Waals surface area contributed by atoms with Crippen molar-refractivity contribution in [1.29, 1.82) is 5.26 Å². The second-order valence-corrected chi connectivity index (χ2v) is 8.87. The van der Waals surface area contributed by atoms with E-state index in [0.29, 0.717) is 12.1 Å². The number of nitro benzene ring substituents is 1. The van der Waals surface area contributed by atoms with E-state index in [1.165, 1.54) is 23.1 Å². The van der Waals surface area contributed by atoms with E-state index in [9.17, 15) is 25.0 Å². The number of nitrogens with zero attached hydrogens (tertiary/aromatic N) is 4. The van der Waals surface area contributed by atoms with Crippen LogP contribution in [0.4, 0.5) is 11.4 Å². The summed E-state index contributed by atoms with van der Waals surface area (Å²) in [5, 5.41) is 21.2. The fourth-order valence-corrected chi connectivity index (χ4v) is 4.10. The summed E-state index contributed by atoms with van der Waals surface area (Å²) in [7, 11) is 0. The maximum absolute atomic E-state index is 13.2. The summed E-state index contributed by atoms with van der Waals surface area (Å²) >= 11 is 3.37. The van der Waals surface area contributed by atoms with Crippen LogP contribution in [-0.2, 0) is 16.1 Å². The molecule has 0 aliphatic carbocycles. The van der Waals surface area contributed by atoms with Gasteiger partial charge in [0.25, 0.3) is 5.69 Å². The number of ether oxygens (including phenoxy) is 1. The number of halogens is 1. The molecule has 1 aromatic heterocycles. The lowest BCUT2D eigenvalue weighted by Crippen LogP contribution is -2.31. The molecule has 0 fully saturated rings. The molecule has 1 amide bonds. The lowest BCUT2D eigenvalue weighted by Gasteiger charge is -2.23. The number of hydrogen-bond acceptors (Lipinski definition) is 6. The van der Waals surface area contributed by atoms with Crippen molar-refractivity contribution < 1.29 is 19.2 Å². The number of rotatable bonds is 10. The molecule has 0 spiro atoms. The third kappa shape index (κ3) is 6.17. The van der Waals surface area contributed by atoms with Crippen LogP contribution in [0.2, 0.25) is 0 Å². The summed E-state index contributed by atoms with van der Waals surface area (Å²) in [6.07, 6.45) is 3.39. The normalized spacial score (nSPS) is 10.5. The van der Waals surface area contributed by atoms with Crippen molar-refractivity contribution in [3.63, 3.8) is 0 Å². The highest BCUT2D eigenvalue weighted by Crippen LogP contribution is 2.32. The van der Waals surface area contributed by atoms with E-state index in [1.54, 1.807) is 48.0 Å². The molecule has 0 saturated carbocycles. The number of unbranched alkanes of at least 4 members (excludes halogenated alkanes) is 1. The van der Waals surface area contributed by atoms with E-state index in [4.69, 9.17) is 4.74 Å². The SMILES string of the molecule is CCCCC(=O)N(Cc1ccc(-n2cc(Br)cc2C#N)cc1)c1cc(C(=O)OCC)ccc1[N+](=O)[O-]. The van der Waals surface area contributed by atoms with Crippen LogP contribution in [0.3, 0.4) is 0 Å². The number of hydrogen-bond donors (Lipinski definition) is 0. The minimum absolute atomic E-state index is 0.0387. The van der Waals surface area contributed by atoms with Crippen molar-refractivity contribution in [2.24, 2.45) is 0 Å². The van der Waals surface area contributed by atoms with Gasteiger partial charge in [-0.25, -0.2) is 4.79 Å². The average Bonchev–Trinajstić information content (AvgIpc) is 3.26. The molecule has 1 heterocycles. The molecule has 0 N–H and O–H groups in total. The Morgan fingerprint density at radius 1 is 1.17 bits per heavy atom. The quantitative estimate of drug-likeness (QED) is 0.175. The molecule has 2 aromatic carbocycles. The summed E-state index contributed by atoms with van der Waals surface area (Å²) < 4.78 is 7.54. The van der Waals surface area contributed by atoms with Crippen LogP contribution >= 0.6 is 15.9 Å². The van der Waals surface area contributed by atoms with Gasteiger partial charge in [0.2, 0.25) is 5.91 Å². The van der Waals surface area contributed by atoms with E-state index in [0.717, 1.165) is 22.1 Å². The number of anilines is 1. The number of nitriles is 1. The molecule has 0 saturated heterocycles. The van der Waals surface area contributed by atoms with Crippen molar-refractivity contribution >= 4 is 39.2 Å². The van der Waals surface area contributed by atoms with E-state index >= 15 is 0 Å². The van der Waals surface area contributed by atoms with Gasteiger partial charge < -0.3 is 14.2 Å². The molecule has 3 aromatic rings. The Bertz CT molecular complexity index is 1310. The molecule has 3 rings (SSSR count). The Kier molecular flexibility index (Phi) is 8.97. The summed E-state index contributed by atoms with van der Waals surface area (Å²) in [6.45, 7) is 3.84. The number of esters is 1. The van der Waals surface area contributed by atoms with Crippen LogP contribution in [-0.4, -0.2) is 28.0 Å². The molecule has 9 nitrogen and oxygen atoms in total. The van der Waals surface area contributed by atoms with Crippen molar-refractivity contribution in [1.82, 2.24) is 4.57 Å². The highest BCUT2D eigenvalue weighted by Gasteiger charge is 2.26. The third-order valence-electron chi connectivity index (χ3n) is 5.48. The van der Waals surface area contributed by atoms with E-state index in [1.807, 2.05) is 6.92 Å². The second kappa shape index (κ2) is 12.1. The van der Waals surface area contributed by atoms with Gasteiger partial charge in [-0.1, -0.05) is 25.5 Å². The lowest BCUT2D eigenvalue weighted by atomic mass is 10.1. The van der Waals surface area contributed by atoms with E-state index < -0.39 is 10.9 Å². The first kappa shape index (κ1) is 26.6. The molecular weight excluding hydrogens is 528 g/mol. The Labute approximate surface area is 217 Å². The molecule has 36 heavy (non-hydrogen) atoms. The maximum Gasteiger partial charge on any atom is 0.338 e. The Morgan fingerprint density at radius 3 is 2.50 bits per heavy atom. The molecule has 0 atom stereocenters. The first-order valence-electron chi connectivity index (χ1n) is 11.4. The van der Waals surface area contributed by atoms with Crippen molar-refractivity contribution in [3.8, 4) is 11.8 Å². The van der Waals surface area contributed by atoms with Crippen molar-refractivity contribution in [3.05, 3.63) is 86.1 Å². The molecular formula is C26H25BrN4O5. The molecule has 0 aliphatic rings. The van der Waals surface area contributed by atoms with E-state index in [2.05, 4.69) is 22.0 Å². The summed E-state index contributed by atoms with van der Waals surface area (Å²) in [5.41, 5.74) is 1.82. The topological polar surface area (TPSA) is 118 Å². The Hall–Kier alpha value is -3.97. The zero-order valence-corrected chi connectivity index (χ0v) is 21.5. The first-order valence-corrected chi connectivity index (χ1v) is 12.2. The van der Waals surface area contributed by atoms with Gasteiger partial charge >= 0.3 is 5.97 Å². The lowest BCUT2D eigenvalue weighted by molar-refractivity contribution is -0.384.